The summed E-state index contributed by atoms with van der Waals surface area (Å²) in [6, 6.07) is 12.4. The van der Waals surface area contributed by atoms with Crippen LogP contribution in [0.3, 0.4) is 0 Å². The Morgan fingerprint density at radius 1 is 1.03 bits per heavy atom. The minimum absolute atomic E-state index is 0.0145. The zero-order chi connectivity index (χ0) is 22.8. The number of aryl methyl sites for hydroxylation is 1. The molecule has 162 valence electrons. The van der Waals surface area contributed by atoms with E-state index in [0.29, 0.717) is 41.8 Å². The van der Waals surface area contributed by atoms with Crippen molar-refractivity contribution in [2.45, 2.75) is 33.1 Å². The first-order valence-corrected chi connectivity index (χ1v) is 9.81. The predicted molar refractivity (Wildman–Crippen MR) is 118 cm³/mol. The van der Waals surface area contributed by atoms with Crippen molar-refractivity contribution in [2.24, 2.45) is 10.2 Å². The van der Waals surface area contributed by atoms with Crippen molar-refractivity contribution in [3.63, 3.8) is 0 Å². The van der Waals surface area contributed by atoms with Gasteiger partial charge in [-0.25, -0.2) is 9.59 Å². The largest absolute Gasteiger partial charge is 0.506 e. The number of allylic oxidation sites excluding steroid dienone is 1. The van der Waals surface area contributed by atoms with Gasteiger partial charge in [-0.15, -0.1) is 5.11 Å². The molecule has 0 aliphatic heterocycles. The van der Waals surface area contributed by atoms with E-state index in [9.17, 15) is 14.7 Å². The van der Waals surface area contributed by atoms with Gasteiger partial charge in [-0.1, -0.05) is 30.9 Å². The highest BCUT2D eigenvalue weighted by Gasteiger charge is 2.05. The van der Waals surface area contributed by atoms with Crippen LogP contribution in [0, 0.1) is 0 Å². The molecule has 31 heavy (non-hydrogen) atoms. The number of carboxylic acid groups (broad SMARTS) is 1. The van der Waals surface area contributed by atoms with Gasteiger partial charge in [0.1, 0.15) is 11.4 Å². The molecule has 2 aromatic rings. The third-order valence-corrected chi connectivity index (χ3v) is 4.44. The molecular formula is C24H26N2O5. The Morgan fingerprint density at radius 2 is 1.71 bits per heavy atom. The molecule has 0 aromatic heterocycles. The zero-order valence-electron chi connectivity index (χ0n) is 17.7. The predicted octanol–water partition coefficient (Wildman–Crippen LogP) is 5.43. The number of carbonyl (C=O) groups excluding carboxylic acids is 1. The van der Waals surface area contributed by atoms with Crippen LogP contribution in [0.2, 0.25) is 0 Å². The first kappa shape index (κ1) is 23.5. The lowest BCUT2D eigenvalue weighted by Gasteiger charge is -2.05. The number of benzene rings is 2. The summed E-state index contributed by atoms with van der Waals surface area (Å²) < 4.78 is 5.08. The van der Waals surface area contributed by atoms with Gasteiger partial charge in [0.05, 0.1) is 12.3 Å². The lowest BCUT2D eigenvalue weighted by atomic mass is 10.1. The monoisotopic (exact) mass is 422 g/mol. The van der Waals surface area contributed by atoms with Crippen molar-refractivity contribution in [3.8, 4) is 5.75 Å². The van der Waals surface area contributed by atoms with Crippen molar-refractivity contribution in [3.05, 3.63) is 77.4 Å². The summed E-state index contributed by atoms with van der Waals surface area (Å²) in [5, 5.41) is 27.2. The van der Waals surface area contributed by atoms with E-state index in [0.717, 1.165) is 11.1 Å². The highest BCUT2D eigenvalue weighted by molar-refractivity contribution is 5.87. The first-order chi connectivity index (χ1) is 14.8. The number of carboxylic acids is 1. The zero-order valence-corrected chi connectivity index (χ0v) is 17.7. The SMILES string of the molecule is C=C(C)C(=O)OCCc1ccc(/N=N/c2cc(CC/C=C(\C)C(=O)O)ccc2O)cc1. The second-order valence-electron chi connectivity index (χ2n) is 7.09. The summed E-state index contributed by atoms with van der Waals surface area (Å²) in [7, 11) is 0. The Bertz CT molecular complexity index is 1010. The van der Waals surface area contributed by atoms with E-state index in [2.05, 4.69) is 16.8 Å². The van der Waals surface area contributed by atoms with Crippen LogP contribution in [0.1, 0.15) is 31.4 Å². The van der Waals surface area contributed by atoms with Crippen molar-refractivity contribution in [1.82, 2.24) is 0 Å². The van der Waals surface area contributed by atoms with E-state index in [1.807, 2.05) is 12.1 Å². The van der Waals surface area contributed by atoms with E-state index in [1.54, 1.807) is 50.3 Å². The Hall–Kier alpha value is -3.74. The third-order valence-electron chi connectivity index (χ3n) is 4.44. The quantitative estimate of drug-likeness (QED) is 0.301. The fraction of sp³-hybridized carbons (Fsp3) is 0.250. The summed E-state index contributed by atoms with van der Waals surface area (Å²) >= 11 is 0. The van der Waals surface area contributed by atoms with Crippen molar-refractivity contribution in [1.29, 1.82) is 0 Å². The second kappa shape index (κ2) is 11.4. The van der Waals surface area contributed by atoms with Gasteiger partial charge < -0.3 is 14.9 Å². The lowest BCUT2D eigenvalue weighted by Crippen LogP contribution is -2.07. The summed E-state index contributed by atoms with van der Waals surface area (Å²) in [5.74, 6) is -1.32. The minimum Gasteiger partial charge on any atom is -0.506 e. The van der Waals surface area contributed by atoms with E-state index < -0.39 is 11.9 Å². The van der Waals surface area contributed by atoms with Gasteiger partial charge in [-0.2, -0.15) is 5.11 Å². The van der Waals surface area contributed by atoms with Crippen molar-refractivity contribution in [2.75, 3.05) is 6.61 Å². The van der Waals surface area contributed by atoms with Gasteiger partial charge in [0, 0.05) is 17.6 Å². The van der Waals surface area contributed by atoms with Gasteiger partial charge in [-0.05, 0) is 62.1 Å². The molecule has 0 aliphatic rings. The van der Waals surface area contributed by atoms with Crippen LogP contribution in [0.25, 0.3) is 0 Å². The number of carbonyl (C=O) groups is 2. The second-order valence-corrected chi connectivity index (χ2v) is 7.09. The molecule has 2 rings (SSSR count). The van der Waals surface area contributed by atoms with Crippen LogP contribution in [-0.4, -0.2) is 28.8 Å². The molecule has 7 nitrogen and oxygen atoms in total. The number of ether oxygens (including phenoxy) is 1. The Kier molecular flexibility index (Phi) is 8.69. The highest BCUT2D eigenvalue weighted by atomic mass is 16.5. The molecule has 0 fully saturated rings. The topological polar surface area (TPSA) is 109 Å². The maximum atomic E-state index is 11.4. The summed E-state index contributed by atoms with van der Waals surface area (Å²) in [6.45, 7) is 6.97. The summed E-state index contributed by atoms with van der Waals surface area (Å²) in [4.78, 5) is 22.2. The average molecular weight is 422 g/mol. The van der Waals surface area contributed by atoms with Crippen molar-refractivity contribution < 1.29 is 24.5 Å². The number of rotatable bonds is 10. The fourth-order valence-electron chi connectivity index (χ4n) is 2.57. The van der Waals surface area contributed by atoms with Gasteiger partial charge >= 0.3 is 11.9 Å². The number of phenols is 1. The van der Waals surface area contributed by atoms with Crippen LogP contribution >= 0.6 is 0 Å². The van der Waals surface area contributed by atoms with E-state index in [-0.39, 0.29) is 12.4 Å². The first-order valence-electron chi connectivity index (χ1n) is 9.81. The van der Waals surface area contributed by atoms with Crippen molar-refractivity contribution >= 4 is 23.3 Å². The van der Waals surface area contributed by atoms with E-state index in [4.69, 9.17) is 9.84 Å². The van der Waals surface area contributed by atoms with Crippen LogP contribution in [0.5, 0.6) is 5.75 Å². The molecule has 0 aliphatic carbocycles. The Morgan fingerprint density at radius 3 is 2.35 bits per heavy atom. The molecule has 0 radical (unpaired) electrons. The Labute approximate surface area is 181 Å². The number of esters is 1. The van der Waals surface area contributed by atoms with Gasteiger partial charge in [0.15, 0.2) is 0 Å². The van der Waals surface area contributed by atoms with Gasteiger partial charge in [-0.3, -0.25) is 0 Å². The standard InChI is InChI=1S/C24H26N2O5/c1-16(2)24(30)31-14-13-18-7-10-20(11-8-18)25-26-21-15-19(9-12-22(21)27)6-4-5-17(3)23(28)29/h5,7-12,15,27H,1,4,6,13-14H2,2-3H3,(H,28,29)/b17-5+,26-25+. The fourth-order valence-corrected chi connectivity index (χ4v) is 2.57. The number of aliphatic carboxylic acids is 1. The summed E-state index contributed by atoms with van der Waals surface area (Å²) in [6.07, 6.45) is 3.44. The molecule has 0 saturated heterocycles. The molecular weight excluding hydrogens is 396 g/mol. The number of hydrogen-bond acceptors (Lipinski definition) is 6. The van der Waals surface area contributed by atoms with Gasteiger partial charge in [0.25, 0.3) is 0 Å². The smallest absolute Gasteiger partial charge is 0.333 e. The normalized spacial score (nSPS) is 11.5. The molecule has 0 heterocycles. The van der Waals surface area contributed by atoms with Crippen LogP contribution in [-0.2, 0) is 27.2 Å². The average Bonchev–Trinajstić information content (AvgIpc) is 2.74. The molecule has 0 amide bonds. The third kappa shape index (κ3) is 7.89. The van der Waals surface area contributed by atoms with Crippen LogP contribution in [0.4, 0.5) is 11.4 Å². The number of phenolic OH excluding ortho intramolecular Hbond substituents is 1. The Balaban J connectivity index is 1.96. The number of nitrogens with zero attached hydrogens (tertiary/aromatic N) is 2. The molecule has 0 unspecified atom stereocenters. The molecule has 0 saturated carbocycles. The highest BCUT2D eigenvalue weighted by Crippen LogP contribution is 2.29. The van der Waals surface area contributed by atoms with Gasteiger partial charge in [0.2, 0.25) is 0 Å². The number of hydrogen-bond donors (Lipinski definition) is 2. The maximum Gasteiger partial charge on any atom is 0.333 e. The van der Waals surface area contributed by atoms with Crippen LogP contribution in [0.15, 0.2) is 76.5 Å². The van der Waals surface area contributed by atoms with E-state index in [1.165, 1.54) is 0 Å². The number of aromatic hydroxyl groups is 1. The molecule has 0 atom stereocenters. The molecule has 0 spiro atoms. The molecule has 2 N–H and O–H groups in total. The van der Waals surface area contributed by atoms with E-state index >= 15 is 0 Å². The molecule has 0 bridgehead atoms. The van der Waals surface area contributed by atoms with Crippen LogP contribution < -0.4 is 0 Å². The summed E-state index contributed by atoms with van der Waals surface area (Å²) in [5.41, 5.74) is 3.54. The maximum absolute atomic E-state index is 11.4. The molecule has 7 heteroatoms. The molecule has 2 aromatic carbocycles. The lowest BCUT2D eigenvalue weighted by molar-refractivity contribution is -0.138. The number of azo groups is 1. The minimum atomic E-state index is -0.931.